The van der Waals surface area contributed by atoms with E-state index in [0.29, 0.717) is 18.2 Å². The highest BCUT2D eigenvalue weighted by Gasteiger charge is 2.19. The standard InChI is InChI=1S/C14H21ClN2O2/c1-2-19-14-4-3-11(15)9-12(14)13(18)10-17-7-5-16-6-8-17/h3-4,9,13,16,18H,2,5-8,10H2,1H3. The van der Waals surface area contributed by atoms with Crippen LogP contribution in [0.15, 0.2) is 18.2 Å². The van der Waals surface area contributed by atoms with E-state index in [1.165, 1.54) is 0 Å². The second-order valence-corrected chi connectivity index (χ2v) is 5.12. The van der Waals surface area contributed by atoms with Crippen LogP contribution < -0.4 is 10.1 Å². The van der Waals surface area contributed by atoms with E-state index >= 15 is 0 Å². The first-order valence-corrected chi connectivity index (χ1v) is 7.12. The van der Waals surface area contributed by atoms with Gasteiger partial charge in [-0.1, -0.05) is 11.6 Å². The molecule has 4 nitrogen and oxygen atoms in total. The Bertz CT molecular complexity index is 408. The molecular weight excluding hydrogens is 264 g/mol. The number of hydrogen-bond acceptors (Lipinski definition) is 4. The molecule has 1 unspecified atom stereocenters. The van der Waals surface area contributed by atoms with Crippen LogP contribution in [0.4, 0.5) is 0 Å². The molecule has 1 aliphatic heterocycles. The van der Waals surface area contributed by atoms with Crippen LogP contribution in [-0.2, 0) is 0 Å². The largest absolute Gasteiger partial charge is 0.493 e. The number of ether oxygens (including phenoxy) is 1. The van der Waals surface area contributed by atoms with Crippen molar-refractivity contribution in [1.29, 1.82) is 0 Å². The van der Waals surface area contributed by atoms with Gasteiger partial charge < -0.3 is 15.2 Å². The van der Waals surface area contributed by atoms with Crippen molar-refractivity contribution in [3.8, 4) is 5.75 Å². The lowest BCUT2D eigenvalue weighted by atomic mass is 10.1. The lowest BCUT2D eigenvalue weighted by molar-refractivity contribution is 0.103. The number of nitrogens with one attached hydrogen (secondary N) is 1. The minimum absolute atomic E-state index is 0.571. The molecule has 1 heterocycles. The Morgan fingerprint density at radius 3 is 2.84 bits per heavy atom. The van der Waals surface area contributed by atoms with Crippen LogP contribution in [0, 0.1) is 0 Å². The van der Waals surface area contributed by atoms with Crippen molar-refractivity contribution >= 4 is 11.6 Å². The van der Waals surface area contributed by atoms with E-state index in [4.69, 9.17) is 16.3 Å². The first kappa shape index (κ1) is 14.6. The third kappa shape index (κ3) is 4.08. The molecule has 1 aliphatic rings. The zero-order valence-electron chi connectivity index (χ0n) is 11.2. The van der Waals surface area contributed by atoms with E-state index in [9.17, 15) is 5.11 Å². The van der Waals surface area contributed by atoms with Gasteiger partial charge in [-0.05, 0) is 25.1 Å². The van der Waals surface area contributed by atoms with E-state index < -0.39 is 6.10 Å². The number of nitrogens with zero attached hydrogens (tertiary/aromatic N) is 1. The Balaban J connectivity index is 2.07. The minimum atomic E-state index is -0.571. The maximum atomic E-state index is 10.4. The number of hydrogen-bond donors (Lipinski definition) is 2. The molecule has 1 aromatic carbocycles. The monoisotopic (exact) mass is 284 g/mol. The molecule has 19 heavy (non-hydrogen) atoms. The van der Waals surface area contributed by atoms with Crippen molar-refractivity contribution in [3.05, 3.63) is 28.8 Å². The Morgan fingerprint density at radius 1 is 1.42 bits per heavy atom. The summed E-state index contributed by atoms with van der Waals surface area (Å²) < 4.78 is 5.55. The number of piperazine rings is 1. The number of aliphatic hydroxyl groups is 1. The van der Waals surface area contributed by atoms with Crippen LogP contribution >= 0.6 is 11.6 Å². The van der Waals surface area contributed by atoms with Crippen molar-refractivity contribution in [2.45, 2.75) is 13.0 Å². The van der Waals surface area contributed by atoms with Gasteiger partial charge in [0.05, 0.1) is 12.7 Å². The second kappa shape index (κ2) is 7.10. The molecule has 0 saturated carbocycles. The summed E-state index contributed by atoms with van der Waals surface area (Å²) >= 11 is 6.01. The molecule has 2 N–H and O–H groups in total. The number of rotatable bonds is 5. The molecule has 0 spiro atoms. The van der Waals surface area contributed by atoms with Crippen molar-refractivity contribution in [1.82, 2.24) is 10.2 Å². The summed E-state index contributed by atoms with van der Waals surface area (Å²) in [4.78, 5) is 2.25. The predicted molar refractivity (Wildman–Crippen MR) is 76.9 cm³/mol. The maximum absolute atomic E-state index is 10.4. The van der Waals surface area contributed by atoms with Gasteiger partial charge >= 0.3 is 0 Å². The van der Waals surface area contributed by atoms with Crippen LogP contribution in [0.1, 0.15) is 18.6 Å². The third-order valence-corrected chi connectivity index (χ3v) is 3.51. The average Bonchev–Trinajstić information content (AvgIpc) is 2.42. The topological polar surface area (TPSA) is 44.7 Å². The first-order valence-electron chi connectivity index (χ1n) is 6.74. The fourth-order valence-corrected chi connectivity index (χ4v) is 2.48. The van der Waals surface area contributed by atoms with Crippen molar-refractivity contribution in [2.75, 3.05) is 39.3 Å². The van der Waals surface area contributed by atoms with Gasteiger partial charge in [0.2, 0.25) is 0 Å². The molecule has 0 radical (unpaired) electrons. The number of β-amino-alcohol motifs (C(OH)–C–C–N with tert-alkyl or cyclic N) is 1. The minimum Gasteiger partial charge on any atom is -0.493 e. The summed E-state index contributed by atoms with van der Waals surface area (Å²) in [6, 6.07) is 5.40. The first-order chi connectivity index (χ1) is 9.20. The van der Waals surface area contributed by atoms with E-state index in [-0.39, 0.29) is 0 Å². The van der Waals surface area contributed by atoms with Crippen LogP contribution in [0.2, 0.25) is 5.02 Å². The summed E-state index contributed by atoms with van der Waals surface area (Å²) in [6.07, 6.45) is -0.571. The Morgan fingerprint density at radius 2 is 2.16 bits per heavy atom. The summed E-state index contributed by atoms with van der Waals surface area (Å²) in [6.45, 7) is 6.99. The summed E-state index contributed by atoms with van der Waals surface area (Å²) in [5.41, 5.74) is 0.771. The van der Waals surface area contributed by atoms with E-state index in [1.54, 1.807) is 12.1 Å². The molecule has 5 heteroatoms. The van der Waals surface area contributed by atoms with Crippen molar-refractivity contribution < 1.29 is 9.84 Å². The van der Waals surface area contributed by atoms with Gasteiger partial charge in [-0.3, -0.25) is 4.90 Å². The van der Waals surface area contributed by atoms with Gasteiger partial charge in [0.25, 0.3) is 0 Å². The maximum Gasteiger partial charge on any atom is 0.125 e. The van der Waals surface area contributed by atoms with Gasteiger partial charge in [-0.25, -0.2) is 0 Å². The van der Waals surface area contributed by atoms with Gasteiger partial charge in [-0.2, -0.15) is 0 Å². The predicted octanol–water partition coefficient (Wildman–Crippen LogP) is 1.68. The highest BCUT2D eigenvalue weighted by atomic mass is 35.5. The Labute approximate surface area is 119 Å². The zero-order chi connectivity index (χ0) is 13.7. The smallest absolute Gasteiger partial charge is 0.125 e. The molecule has 0 aliphatic carbocycles. The van der Waals surface area contributed by atoms with Crippen molar-refractivity contribution in [3.63, 3.8) is 0 Å². The highest BCUT2D eigenvalue weighted by Crippen LogP contribution is 2.29. The zero-order valence-corrected chi connectivity index (χ0v) is 12.0. The summed E-state index contributed by atoms with van der Waals surface area (Å²) in [7, 11) is 0. The van der Waals surface area contributed by atoms with Crippen LogP contribution in [0.25, 0.3) is 0 Å². The molecule has 0 bridgehead atoms. The molecule has 0 aromatic heterocycles. The fourth-order valence-electron chi connectivity index (χ4n) is 2.30. The molecule has 0 amide bonds. The highest BCUT2D eigenvalue weighted by molar-refractivity contribution is 6.30. The SMILES string of the molecule is CCOc1ccc(Cl)cc1C(O)CN1CCNCC1. The molecule has 1 atom stereocenters. The van der Waals surface area contributed by atoms with Crippen molar-refractivity contribution in [2.24, 2.45) is 0 Å². The summed E-state index contributed by atoms with van der Waals surface area (Å²) in [5.74, 6) is 0.717. The van der Waals surface area contributed by atoms with Gasteiger partial charge in [0.1, 0.15) is 5.75 Å². The van der Waals surface area contributed by atoms with Gasteiger partial charge in [-0.15, -0.1) is 0 Å². The lowest BCUT2D eigenvalue weighted by Gasteiger charge is -2.29. The molecular formula is C14H21ClN2O2. The number of aliphatic hydroxyl groups excluding tert-OH is 1. The van der Waals surface area contributed by atoms with Gasteiger partial charge in [0, 0.05) is 43.3 Å². The van der Waals surface area contributed by atoms with Crippen LogP contribution in [0.5, 0.6) is 5.75 Å². The molecule has 106 valence electrons. The van der Waals surface area contributed by atoms with Gasteiger partial charge in [0.15, 0.2) is 0 Å². The number of halogens is 1. The Kier molecular flexibility index (Phi) is 5.45. The lowest BCUT2D eigenvalue weighted by Crippen LogP contribution is -2.45. The third-order valence-electron chi connectivity index (χ3n) is 3.27. The van der Waals surface area contributed by atoms with Crippen LogP contribution in [-0.4, -0.2) is 49.3 Å². The Hall–Kier alpha value is -0.810. The quantitative estimate of drug-likeness (QED) is 0.863. The van der Waals surface area contributed by atoms with Crippen LogP contribution in [0.3, 0.4) is 0 Å². The number of benzene rings is 1. The molecule has 1 fully saturated rings. The normalized spacial score (nSPS) is 18.3. The van der Waals surface area contributed by atoms with E-state index in [1.807, 2.05) is 13.0 Å². The average molecular weight is 285 g/mol. The molecule has 1 saturated heterocycles. The van der Waals surface area contributed by atoms with E-state index in [2.05, 4.69) is 10.2 Å². The second-order valence-electron chi connectivity index (χ2n) is 4.68. The molecule has 1 aromatic rings. The van der Waals surface area contributed by atoms with E-state index in [0.717, 1.165) is 37.5 Å². The molecule has 2 rings (SSSR count). The fraction of sp³-hybridized carbons (Fsp3) is 0.571. The summed E-state index contributed by atoms with van der Waals surface area (Å²) in [5, 5.41) is 14.3.